The van der Waals surface area contributed by atoms with Crippen molar-refractivity contribution in [3.8, 4) is 0 Å². The molecule has 1 aromatic rings. The van der Waals surface area contributed by atoms with Gasteiger partial charge in [0.25, 0.3) is 5.56 Å². The van der Waals surface area contributed by atoms with E-state index < -0.39 is 0 Å². The molecule has 0 aromatic carbocycles. The molecule has 1 rings (SSSR count). The summed E-state index contributed by atoms with van der Waals surface area (Å²) in [6, 6.07) is -0.0436. The molecule has 0 fully saturated rings. The van der Waals surface area contributed by atoms with E-state index >= 15 is 0 Å². The van der Waals surface area contributed by atoms with Crippen LogP contribution in [0.3, 0.4) is 0 Å². The summed E-state index contributed by atoms with van der Waals surface area (Å²) >= 11 is 6.01. The summed E-state index contributed by atoms with van der Waals surface area (Å²) in [7, 11) is 0. The summed E-state index contributed by atoms with van der Waals surface area (Å²) in [6.45, 7) is 6.39. The van der Waals surface area contributed by atoms with Gasteiger partial charge in [0, 0.05) is 13.0 Å². The van der Waals surface area contributed by atoms with Crippen LogP contribution in [0.25, 0.3) is 0 Å². The predicted octanol–water partition coefficient (Wildman–Crippen LogP) is 2.23. The maximum absolute atomic E-state index is 11.9. The number of esters is 1. The first-order valence-electron chi connectivity index (χ1n) is 6.64. The van der Waals surface area contributed by atoms with Gasteiger partial charge in [0.05, 0.1) is 24.5 Å². The van der Waals surface area contributed by atoms with Crippen LogP contribution in [-0.2, 0) is 9.53 Å². The number of aromatic nitrogens is 2. The zero-order valence-corrected chi connectivity index (χ0v) is 12.7. The minimum atomic E-state index is -0.322. The molecule has 0 aliphatic carbocycles. The number of rotatable bonds is 7. The highest BCUT2D eigenvalue weighted by molar-refractivity contribution is 6.32. The van der Waals surface area contributed by atoms with Gasteiger partial charge in [0.2, 0.25) is 0 Å². The molecule has 1 aromatic heterocycles. The van der Waals surface area contributed by atoms with E-state index in [1.165, 1.54) is 10.9 Å². The zero-order valence-electron chi connectivity index (χ0n) is 12.0. The first-order valence-corrected chi connectivity index (χ1v) is 7.02. The topological polar surface area (TPSA) is 73.2 Å². The van der Waals surface area contributed by atoms with E-state index in [4.69, 9.17) is 16.3 Å². The molecular weight excluding hydrogens is 282 g/mol. The zero-order chi connectivity index (χ0) is 15.1. The van der Waals surface area contributed by atoms with E-state index in [2.05, 4.69) is 10.4 Å². The summed E-state index contributed by atoms with van der Waals surface area (Å²) in [5.41, 5.74) is 0.162. The van der Waals surface area contributed by atoms with Gasteiger partial charge in [0.15, 0.2) is 0 Å². The van der Waals surface area contributed by atoms with Gasteiger partial charge in [-0.05, 0) is 27.2 Å². The Balaban J connectivity index is 2.55. The number of hydrogen-bond donors (Lipinski definition) is 1. The summed E-state index contributed by atoms with van der Waals surface area (Å²) in [5, 5.41) is 7.16. The van der Waals surface area contributed by atoms with E-state index in [1.54, 1.807) is 6.92 Å². The number of halogens is 1. The van der Waals surface area contributed by atoms with E-state index in [0.29, 0.717) is 31.7 Å². The number of anilines is 1. The van der Waals surface area contributed by atoms with Crippen molar-refractivity contribution in [2.45, 2.75) is 39.7 Å². The number of nitrogens with one attached hydrogen (secondary N) is 1. The summed E-state index contributed by atoms with van der Waals surface area (Å²) in [4.78, 5) is 23.1. The van der Waals surface area contributed by atoms with Gasteiger partial charge in [-0.15, -0.1) is 0 Å². The van der Waals surface area contributed by atoms with E-state index in [-0.39, 0.29) is 22.6 Å². The molecule has 0 saturated carbocycles. The fraction of sp³-hybridized carbons (Fsp3) is 0.615. The predicted molar refractivity (Wildman–Crippen MR) is 78.2 cm³/mol. The van der Waals surface area contributed by atoms with Crippen molar-refractivity contribution < 1.29 is 9.53 Å². The molecule has 0 saturated heterocycles. The first-order chi connectivity index (χ1) is 9.47. The molecule has 0 spiro atoms. The standard InChI is InChI=1S/C13H20ClN3O3/c1-4-20-11(18)6-5-7-15-10-8-16-17(9(2)3)13(19)12(10)14/h8-9,15H,4-7H2,1-3H3. The highest BCUT2D eigenvalue weighted by atomic mass is 35.5. The van der Waals surface area contributed by atoms with Crippen molar-refractivity contribution in [1.29, 1.82) is 0 Å². The molecule has 0 bridgehead atoms. The van der Waals surface area contributed by atoms with Gasteiger partial charge in [0.1, 0.15) is 5.02 Å². The summed E-state index contributed by atoms with van der Waals surface area (Å²) in [6.07, 6.45) is 2.45. The third-order valence-electron chi connectivity index (χ3n) is 2.61. The Morgan fingerprint density at radius 1 is 1.55 bits per heavy atom. The molecule has 112 valence electrons. The lowest BCUT2D eigenvalue weighted by Crippen LogP contribution is -2.26. The molecule has 0 unspecified atom stereocenters. The largest absolute Gasteiger partial charge is 0.466 e. The third-order valence-corrected chi connectivity index (χ3v) is 2.98. The minimum absolute atomic E-state index is 0.0436. The van der Waals surface area contributed by atoms with Gasteiger partial charge in [-0.1, -0.05) is 11.6 Å². The fourth-order valence-electron chi connectivity index (χ4n) is 1.62. The number of ether oxygens (including phenoxy) is 1. The number of carbonyl (C=O) groups is 1. The maximum Gasteiger partial charge on any atom is 0.305 e. The van der Waals surface area contributed by atoms with Crippen molar-refractivity contribution >= 4 is 23.3 Å². The molecular formula is C13H20ClN3O3. The van der Waals surface area contributed by atoms with Crippen molar-refractivity contribution in [3.05, 3.63) is 21.6 Å². The number of nitrogens with zero attached hydrogens (tertiary/aromatic N) is 2. The van der Waals surface area contributed by atoms with Crippen LogP contribution in [0.4, 0.5) is 5.69 Å². The Hall–Kier alpha value is -1.56. The van der Waals surface area contributed by atoms with Crippen molar-refractivity contribution in [1.82, 2.24) is 9.78 Å². The van der Waals surface area contributed by atoms with Gasteiger partial charge in [-0.2, -0.15) is 5.10 Å². The number of carbonyl (C=O) groups excluding carboxylic acids is 1. The van der Waals surface area contributed by atoms with Crippen LogP contribution in [0.1, 0.15) is 39.7 Å². The van der Waals surface area contributed by atoms with Crippen molar-refractivity contribution in [2.24, 2.45) is 0 Å². The van der Waals surface area contributed by atoms with Crippen molar-refractivity contribution in [2.75, 3.05) is 18.5 Å². The normalized spacial score (nSPS) is 10.7. The highest BCUT2D eigenvalue weighted by Crippen LogP contribution is 2.16. The van der Waals surface area contributed by atoms with E-state index in [9.17, 15) is 9.59 Å². The molecule has 0 aliphatic rings. The molecule has 1 N–H and O–H groups in total. The summed E-state index contributed by atoms with van der Waals surface area (Å²) in [5.74, 6) is -0.228. The van der Waals surface area contributed by atoms with Crippen LogP contribution >= 0.6 is 11.6 Å². The van der Waals surface area contributed by atoms with Gasteiger partial charge >= 0.3 is 5.97 Å². The molecule has 20 heavy (non-hydrogen) atoms. The molecule has 0 aliphatic heterocycles. The lowest BCUT2D eigenvalue weighted by atomic mass is 10.3. The monoisotopic (exact) mass is 301 g/mol. The molecule has 7 heteroatoms. The second-order valence-corrected chi connectivity index (χ2v) is 4.93. The van der Waals surface area contributed by atoms with Crippen LogP contribution in [0, 0.1) is 0 Å². The van der Waals surface area contributed by atoms with Crippen LogP contribution < -0.4 is 10.9 Å². The Bertz CT molecular complexity index is 514. The molecule has 1 heterocycles. The molecule has 6 nitrogen and oxygen atoms in total. The second-order valence-electron chi connectivity index (χ2n) is 4.55. The van der Waals surface area contributed by atoms with Gasteiger partial charge in [-0.25, -0.2) is 4.68 Å². The van der Waals surface area contributed by atoms with Crippen molar-refractivity contribution in [3.63, 3.8) is 0 Å². The third kappa shape index (κ3) is 4.52. The fourth-order valence-corrected chi connectivity index (χ4v) is 1.83. The Labute approximate surface area is 123 Å². The average Bonchev–Trinajstić information content (AvgIpc) is 2.39. The Kier molecular flexibility index (Phi) is 6.51. The van der Waals surface area contributed by atoms with Gasteiger partial charge < -0.3 is 10.1 Å². The smallest absolute Gasteiger partial charge is 0.305 e. The molecule has 0 amide bonds. The lowest BCUT2D eigenvalue weighted by molar-refractivity contribution is -0.143. The average molecular weight is 302 g/mol. The lowest BCUT2D eigenvalue weighted by Gasteiger charge is -2.12. The van der Waals surface area contributed by atoms with Gasteiger partial charge in [-0.3, -0.25) is 9.59 Å². The number of hydrogen-bond acceptors (Lipinski definition) is 5. The highest BCUT2D eigenvalue weighted by Gasteiger charge is 2.11. The molecule has 0 radical (unpaired) electrons. The van der Waals surface area contributed by atoms with Crippen LogP contribution in [0.2, 0.25) is 5.02 Å². The van der Waals surface area contributed by atoms with Crippen LogP contribution in [-0.4, -0.2) is 28.9 Å². The summed E-state index contributed by atoms with van der Waals surface area (Å²) < 4.78 is 6.15. The molecule has 0 atom stereocenters. The van der Waals surface area contributed by atoms with E-state index in [0.717, 1.165) is 0 Å². The Morgan fingerprint density at radius 2 is 2.25 bits per heavy atom. The van der Waals surface area contributed by atoms with Crippen LogP contribution in [0.5, 0.6) is 0 Å². The second kappa shape index (κ2) is 7.89. The SMILES string of the molecule is CCOC(=O)CCCNc1cnn(C(C)C)c(=O)c1Cl. The quantitative estimate of drug-likeness (QED) is 0.617. The van der Waals surface area contributed by atoms with E-state index in [1.807, 2.05) is 13.8 Å². The van der Waals surface area contributed by atoms with Crippen LogP contribution in [0.15, 0.2) is 11.0 Å². The first kappa shape index (κ1) is 16.5. The Morgan fingerprint density at radius 3 is 2.85 bits per heavy atom. The minimum Gasteiger partial charge on any atom is -0.466 e. The maximum atomic E-state index is 11.9.